The Morgan fingerprint density at radius 2 is 1.58 bits per heavy atom. The zero-order chi connectivity index (χ0) is 24.9. The fraction of sp³-hybridized carbons (Fsp3) is 0.321. The number of carbonyl (C=O) groups excluding carboxylic acids is 3. The molecule has 1 fully saturated rings. The van der Waals surface area contributed by atoms with Crippen LogP contribution in [0.2, 0.25) is 0 Å². The predicted molar refractivity (Wildman–Crippen MR) is 132 cm³/mol. The van der Waals surface area contributed by atoms with Crippen molar-refractivity contribution in [1.82, 2.24) is 14.7 Å². The van der Waals surface area contributed by atoms with Crippen molar-refractivity contribution in [2.24, 2.45) is 0 Å². The lowest BCUT2D eigenvalue weighted by atomic mass is 9.93. The number of furan rings is 1. The highest BCUT2D eigenvalue weighted by Crippen LogP contribution is 2.26. The van der Waals surface area contributed by atoms with E-state index in [-0.39, 0.29) is 30.7 Å². The molecular weight excluding hydrogens is 458 g/mol. The second kappa shape index (κ2) is 10.8. The number of amides is 2. The van der Waals surface area contributed by atoms with Crippen molar-refractivity contribution < 1.29 is 23.5 Å². The van der Waals surface area contributed by atoms with Crippen LogP contribution in [0.4, 0.5) is 0 Å². The normalized spacial score (nSPS) is 17.9. The third-order valence-electron chi connectivity index (χ3n) is 6.83. The summed E-state index contributed by atoms with van der Waals surface area (Å²) in [6.07, 6.45) is 1.75. The summed E-state index contributed by atoms with van der Waals surface area (Å²) in [7, 11) is 0. The van der Waals surface area contributed by atoms with E-state index in [0.29, 0.717) is 19.5 Å². The molecule has 1 atom stereocenters. The Kier molecular flexibility index (Phi) is 7.13. The monoisotopic (exact) mass is 487 g/mol. The number of hydrogen-bond acceptors (Lipinski definition) is 6. The largest absolute Gasteiger partial charge is 0.459 e. The maximum atomic E-state index is 13.1. The molecule has 0 aliphatic carbocycles. The molecule has 0 saturated carbocycles. The lowest BCUT2D eigenvalue weighted by Gasteiger charge is -2.36. The van der Waals surface area contributed by atoms with Crippen LogP contribution < -0.4 is 0 Å². The molecule has 2 aliphatic heterocycles. The van der Waals surface area contributed by atoms with Crippen LogP contribution in [0.15, 0.2) is 77.4 Å². The van der Waals surface area contributed by atoms with E-state index in [2.05, 4.69) is 17.0 Å². The number of hydrogen-bond donors (Lipinski definition) is 0. The highest BCUT2D eigenvalue weighted by Gasteiger charge is 2.37. The molecule has 1 aromatic heterocycles. The molecule has 186 valence electrons. The van der Waals surface area contributed by atoms with E-state index in [0.717, 1.165) is 30.8 Å². The third-order valence-corrected chi connectivity index (χ3v) is 6.83. The molecule has 1 saturated heterocycles. The summed E-state index contributed by atoms with van der Waals surface area (Å²) in [6, 6.07) is 20.3. The Labute approximate surface area is 210 Å². The van der Waals surface area contributed by atoms with Gasteiger partial charge in [0.25, 0.3) is 11.8 Å². The van der Waals surface area contributed by atoms with Gasteiger partial charge in [0.1, 0.15) is 6.04 Å². The van der Waals surface area contributed by atoms with Crippen LogP contribution in [0.1, 0.15) is 27.2 Å². The molecule has 2 aromatic carbocycles. The zero-order valence-corrected chi connectivity index (χ0v) is 20.0. The molecule has 36 heavy (non-hydrogen) atoms. The van der Waals surface area contributed by atoms with E-state index in [1.54, 1.807) is 17.0 Å². The molecule has 3 heterocycles. The smallest absolute Gasteiger partial charge is 0.329 e. The van der Waals surface area contributed by atoms with Crippen molar-refractivity contribution in [3.8, 4) is 0 Å². The molecule has 2 aliphatic rings. The molecule has 0 radical (unpaired) electrons. The number of piperazine rings is 1. The van der Waals surface area contributed by atoms with Gasteiger partial charge in [0.05, 0.1) is 6.26 Å². The van der Waals surface area contributed by atoms with Gasteiger partial charge < -0.3 is 19.0 Å². The number of ether oxygens (including phenoxy) is 1. The summed E-state index contributed by atoms with van der Waals surface area (Å²) in [5.41, 5.74) is 3.21. The highest BCUT2D eigenvalue weighted by atomic mass is 16.5. The first-order valence-electron chi connectivity index (χ1n) is 12.2. The summed E-state index contributed by atoms with van der Waals surface area (Å²) in [5.74, 6) is -1.02. The molecule has 8 heteroatoms. The van der Waals surface area contributed by atoms with Gasteiger partial charge >= 0.3 is 5.97 Å². The van der Waals surface area contributed by atoms with Crippen molar-refractivity contribution in [2.75, 3.05) is 32.8 Å². The van der Waals surface area contributed by atoms with Gasteiger partial charge in [-0.25, -0.2) is 4.79 Å². The van der Waals surface area contributed by atoms with Gasteiger partial charge in [-0.3, -0.25) is 14.5 Å². The minimum Gasteiger partial charge on any atom is -0.459 e. The Morgan fingerprint density at radius 3 is 2.31 bits per heavy atom. The number of esters is 1. The van der Waals surface area contributed by atoms with Crippen molar-refractivity contribution >= 4 is 17.8 Å². The maximum absolute atomic E-state index is 13.1. The first-order chi connectivity index (χ1) is 17.6. The molecular formula is C28H29N3O5. The van der Waals surface area contributed by atoms with E-state index in [1.807, 2.05) is 42.5 Å². The SMILES string of the molecule is O=C(OCC(=O)N1CCN(Cc2ccccc2)CC1)[C@@H]1Cc2ccccc2CN1C(=O)c1ccco1. The van der Waals surface area contributed by atoms with E-state index in [9.17, 15) is 14.4 Å². The standard InChI is InChI=1S/C28H29N3O5/c32-26(30-14-12-29(13-15-30)18-21-7-2-1-3-8-21)20-36-28(34)24-17-22-9-4-5-10-23(22)19-31(24)27(33)25-11-6-16-35-25/h1-11,16,24H,12-15,17-20H2/t24-/m0/s1. The molecule has 2 amide bonds. The Hall–Kier alpha value is -3.91. The lowest BCUT2D eigenvalue weighted by molar-refractivity contribution is -0.156. The summed E-state index contributed by atoms with van der Waals surface area (Å²) in [6.45, 7) is 3.48. The number of fused-ring (bicyclic) bond motifs is 1. The molecule has 8 nitrogen and oxygen atoms in total. The van der Waals surface area contributed by atoms with Crippen LogP contribution >= 0.6 is 0 Å². The molecule has 0 unspecified atom stereocenters. The van der Waals surface area contributed by atoms with Crippen molar-refractivity contribution in [1.29, 1.82) is 0 Å². The molecule has 3 aromatic rings. The highest BCUT2D eigenvalue weighted by molar-refractivity contribution is 5.95. The van der Waals surface area contributed by atoms with Gasteiger partial charge in [-0.15, -0.1) is 0 Å². The van der Waals surface area contributed by atoms with Crippen molar-refractivity contribution in [2.45, 2.75) is 25.6 Å². The number of carbonyl (C=O) groups is 3. The first-order valence-corrected chi connectivity index (χ1v) is 12.2. The topological polar surface area (TPSA) is 83.3 Å². The zero-order valence-electron chi connectivity index (χ0n) is 20.0. The summed E-state index contributed by atoms with van der Waals surface area (Å²) >= 11 is 0. The molecule has 0 N–H and O–H groups in total. The molecule has 0 bridgehead atoms. The maximum Gasteiger partial charge on any atom is 0.329 e. The van der Waals surface area contributed by atoms with Gasteiger partial charge in [-0.05, 0) is 28.8 Å². The number of benzene rings is 2. The minimum absolute atomic E-state index is 0.164. The quantitative estimate of drug-likeness (QED) is 0.498. The van der Waals surface area contributed by atoms with E-state index >= 15 is 0 Å². The van der Waals surface area contributed by atoms with Crippen LogP contribution in [0.5, 0.6) is 0 Å². The number of nitrogens with zero attached hydrogens (tertiary/aromatic N) is 3. The third kappa shape index (κ3) is 5.33. The van der Waals surface area contributed by atoms with E-state index < -0.39 is 12.0 Å². The summed E-state index contributed by atoms with van der Waals surface area (Å²) < 4.78 is 10.7. The Bertz CT molecular complexity index is 1200. The second-order valence-electron chi connectivity index (χ2n) is 9.15. The van der Waals surface area contributed by atoms with Crippen molar-refractivity contribution in [3.05, 3.63) is 95.4 Å². The molecule has 5 rings (SSSR count). The first kappa shape index (κ1) is 23.8. The second-order valence-corrected chi connectivity index (χ2v) is 9.15. The summed E-state index contributed by atoms with van der Waals surface area (Å²) in [5, 5.41) is 0. The summed E-state index contributed by atoms with van der Waals surface area (Å²) in [4.78, 5) is 44.5. The van der Waals surface area contributed by atoms with Crippen LogP contribution in [0.25, 0.3) is 0 Å². The minimum atomic E-state index is -0.826. The van der Waals surface area contributed by atoms with Gasteiger partial charge in [0.15, 0.2) is 12.4 Å². The fourth-order valence-electron chi connectivity index (χ4n) is 4.81. The lowest BCUT2D eigenvalue weighted by Crippen LogP contribution is -2.51. The predicted octanol–water partition coefficient (Wildman–Crippen LogP) is 2.73. The van der Waals surface area contributed by atoms with Crippen LogP contribution in [-0.2, 0) is 33.8 Å². The van der Waals surface area contributed by atoms with Gasteiger partial charge in [0, 0.05) is 45.7 Å². The van der Waals surface area contributed by atoms with Gasteiger partial charge in [-0.2, -0.15) is 0 Å². The van der Waals surface area contributed by atoms with Crippen molar-refractivity contribution in [3.63, 3.8) is 0 Å². The van der Waals surface area contributed by atoms with Gasteiger partial charge in [0.2, 0.25) is 0 Å². The Morgan fingerprint density at radius 1 is 0.861 bits per heavy atom. The van der Waals surface area contributed by atoms with Crippen LogP contribution in [0.3, 0.4) is 0 Å². The number of rotatable bonds is 6. The fourth-order valence-corrected chi connectivity index (χ4v) is 4.81. The average molecular weight is 488 g/mol. The van der Waals surface area contributed by atoms with Crippen LogP contribution in [-0.4, -0.2) is 71.3 Å². The van der Waals surface area contributed by atoms with E-state index in [4.69, 9.17) is 9.15 Å². The average Bonchev–Trinajstić information content (AvgIpc) is 3.46. The van der Waals surface area contributed by atoms with Gasteiger partial charge in [-0.1, -0.05) is 54.6 Å². The molecule has 0 spiro atoms. The van der Waals surface area contributed by atoms with E-state index in [1.165, 1.54) is 16.7 Å². The van der Waals surface area contributed by atoms with Crippen LogP contribution in [0, 0.1) is 0 Å². The Balaban J connectivity index is 1.17.